The molecule has 0 spiro atoms. The van der Waals surface area contributed by atoms with Crippen molar-refractivity contribution < 1.29 is 8.42 Å². The average molecular weight is 308 g/mol. The van der Waals surface area contributed by atoms with Gasteiger partial charge in [0.2, 0.25) is 21.6 Å². The van der Waals surface area contributed by atoms with Gasteiger partial charge >= 0.3 is 0 Å². The quantitative estimate of drug-likeness (QED) is 0.651. The van der Waals surface area contributed by atoms with E-state index in [0.717, 1.165) is 11.9 Å². The van der Waals surface area contributed by atoms with E-state index >= 15 is 0 Å². The normalized spacial score (nSPS) is 12.1. The van der Waals surface area contributed by atoms with Crippen LogP contribution in [0.4, 0.5) is 5.95 Å². The Kier molecular flexibility index (Phi) is 2.69. The van der Waals surface area contributed by atoms with Crippen molar-refractivity contribution in [3.63, 3.8) is 0 Å². The van der Waals surface area contributed by atoms with Crippen molar-refractivity contribution in [3.05, 3.63) is 11.8 Å². The van der Waals surface area contributed by atoms with Crippen LogP contribution in [0.2, 0.25) is 0 Å². The van der Waals surface area contributed by atoms with Crippen LogP contribution in [-0.4, -0.2) is 49.0 Å². The van der Waals surface area contributed by atoms with Crippen molar-refractivity contribution in [2.24, 2.45) is 7.05 Å². The summed E-state index contributed by atoms with van der Waals surface area (Å²) in [5.41, 5.74) is 7.18. The zero-order valence-electron chi connectivity index (χ0n) is 11.5. The maximum absolute atomic E-state index is 11.5. The summed E-state index contributed by atoms with van der Waals surface area (Å²) < 4.78 is 25.8. The summed E-state index contributed by atoms with van der Waals surface area (Å²) in [6.07, 6.45) is 1.00. The maximum Gasteiger partial charge on any atom is 0.258 e. The number of fused-ring (bicyclic) bond motifs is 1. The first-order valence-electron chi connectivity index (χ1n) is 5.87. The second-order valence-electron chi connectivity index (χ2n) is 4.58. The standard InChI is InChI=1S/C10H12N8O2S/c1-5-4-6(17(2)15-5)7-12-9-14-10(21(3,19)20)13-8(11)18(9)16-7/h4H,1-3H3,(H2,11,12,13,14,16). The van der Waals surface area contributed by atoms with Crippen LogP contribution >= 0.6 is 0 Å². The van der Waals surface area contributed by atoms with E-state index < -0.39 is 9.84 Å². The van der Waals surface area contributed by atoms with Gasteiger partial charge in [0.05, 0.1) is 5.69 Å². The number of hydrogen-bond donors (Lipinski definition) is 1. The van der Waals surface area contributed by atoms with Crippen LogP contribution in [0.5, 0.6) is 0 Å². The van der Waals surface area contributed by atoms with Gasteiger partial charge in [-0.1, -0.05) is 0 Å². The molecule has 0 atom stereocenters. The molecule has 11 heteroatoms. The highest BCUT2D eigenvalue weighted by molar-refractivity contribution is 7.90. The lowest BCUT2D eigenvalue weighted by molar-refractivity contribution is 0.592. The first-order valence-corrected chi connectivity index (χ1v) is 7.76. The molecule has 0 saturated carbocycles. The van der Waals surface area contributed by atoms with E-state index in [2.05, 4.69) is 25.1 Å². The summed E-state index contributed by atoms with van der Waals surface area (Å²) in [5, 5.41) is 8.00. The number of anilines is 1. The lowest BCUT2D eigenvalue weighted by Gasteiger charge is -1.99. The highest BCUT2D eigenvalue weighted by atomic mass is 32.2. The molecule has 3 aromatic rings. The molecule has 0 aliphatic heterocycles. The van der Waals surface area contributed by atoms with Gasteiger partial charge in [0.25, 0.3) is 10.9 Å². The topological polar surface area (TPSA) is 134 Å². The predicted octanol–water partition coefficient (Wildman–Crippen LogP) is -0.786. The Hall–Kier alpha value is -2.56. The van der Waals surface area contributed by atoms with Crippen LogP contribution < -0.4 is 5.73 Å². The van der Waals surface area contributed by atoms with E-state index in [-0.39, 0.29) is 16.9 Å². The SMILES string of the molecule is Cc1cc(-c2nc3nc(S(C)(=O)=O)nc(N)n3n2)n(C)n1. The van der Waals surface area contributed by atoms with Gasteiger partial charge in [-0.15, -0.1) is 5.10 Å². The fraction of sp³-hybridized carbons (Fsp3) is 0.300. The fourth-order valence-electron chi connectivity index (χ4n) is 1.88. The molecule has 0 aliphatic rings. The maximum atomic E-state index is 11.5. The molecule has 3 heterocycles. The Labute approximate surface area is 119 Å². The van der Waals surface area contributed by atoms with E-state index in [4.69, 9.17) is 5.73 Å². The largest absolute Gasteiger partial charge is 0.368 e. The molecule has 0 unspecified atom stereocenters. The van der Waals surface area contributed by atoms with Crippen LogP contribution in [0.1, 0.15) is 5.69 Å². The first-order chi connectivity index (χ1) is 9.75. The number of aryl methyl sites for hydroxylation is 2. The Bertz CT molecular complexity index is 955. The highest BCUT2D eigenvalue weighted by Gasteiger charge is 2.18. The Morgan fingerprint density at radius 1 is 1.19 bits per heavy atom. The third-order valence-corrected chi connectivity index (χ3v) is 3.62. The third-order valence-electron chi connectivity index (χ3n) is 2.78. The lowest BCUT2D eigenvalue weighted by Crippen LogP contribution is -2.11. The number of rotatable bonds is 2. The molecule has 3 aromatic heterocycles. The minimum atomic E-state index is -3.58. The smallest absolute Gasteiger partial charge is 0.258 e. The van der Waals surface area contributed by atoms with E-state index in [9.17, 15) is 8.42 Å². The predicted molar refractivity (Wildman–Crippen MR) is 73.0 cm³/mol. The lowest BCUT2D eigenvalue weighted by atomic mass is 10.3. The highest BCUT2D eigenvalue weighted by Crippen LogP contribution is 2.17. The molecule has 2 N–H and O–H groups in total. The molecule has 0 aliphatic carbocycles. The Morgan fingerprint density at radius 2 is 1.90 bits per heavy atom. The number of sulfone groups is 1. The molecule has 0 fully saturated rings. The summed E-state index contributed by atoms with van der Waals surface area (Å²) in [4.78, 5) is 11.8. The Morgan fingerprint density at radius 3 is 2.48 bits per heavy atom. The molecule has 10 nitrogen and oxygen atoms in total. The van der Waals surface area contributed by atoms with Gasteiger partial charge in [-0.3, -0.25) is 4.68 Å². The molecule has 21 heavy (non-hydrogen) atoms. The first kappa shape index (κ1) is 13.4. The zero-order valence-corrected chi connectivity index (χ0v) is 12.3. The van der Waals surface area contributed by atoms with Gasteiger partial charge in [-0.25, -0.2) is 8.42 Å². The van der Waals surface area contributed by atoms with Crippen molar-refractivity contribution >= 4 is 21.6 Å². The van der Waals surface area contributed by atoms with Gasteiger partial charge in [0.15, 0.2) is 0 Å². The van der Waals surface area contributed by atoms with Gasteiger partial charge in [0.1, 0.15) is 5.69 Å². The van der Waals surface area contributed by atoms with E-state index in [1.807, 2.05) is 6.92 Å². The fourth-order valence-corrected chi connectivity index (χ4v) is 2.39. The number of nitrogens with zero attached hydrogens (tertiary/aromatic N) is 7. The van der Waals surface area contributed by atoms with E-state index in [0.29, 0.717) is 11.5 Å². The van der Waals surface area contributed by atoms with Crippen molar-refractivity contribution in [2.45, 2.75) is 12.1 Å². The molecule has 0 radical (unpaired) electrons. The van der Waals surface area contributed by atoms with E-state index in [1.54, 1.807) is 17.8 Å². The van der Waals surface area contributed by atoms with Gasteiger partial charge in [0, 0.05) is 13.3 Å². The molecular formula is C10H12N8O2S. The van der Waals surface area contributed by atoms with E-state index in [1.165, 1.54) is 4.52 Å². The van der Waals surface area contributed by atoms with Gasteiger partial charge < -0.3 is 5.73 Å². The molecule has 110 valence electrons. The summed E-state index contributed by atoms with van der Waals surface area (Å²) in [6, 6.07) is 1.80. The monoisotopic (exact) mass is 308 g/mol. The molecule has 0 aromatic carbocycles. The molecular weight excluding hydrogens is 296 g/mol. The zero-order chi connectivity index (χ0) is 15.4. The van der Waals surface area contributed by atoms with Crippen molar-refractivity contribution in [2.75, 3.05) is 12.0 Å². The summed E-state index contributed by atoms with van der Waals surface area (Å²) in [7, 11) is -1.82. The number of nitrogen functional groups attached to an aromatic ring is 1. The molecule has 0 saturated heterocycles. The van der Waals surface area contributed by atoms with Crippen molar-refractivity contribution in [3.8, 4) is 11.5 Å². The minimum Gasteiger partial charge on any atom is -0.368 e. The second kappa shape index (κ2) is 4.22. The summed E-state index contributed by atoms with van der Waals surface area (Å²) >= 11 is 0. The van der Waals surface area contributed by atoms with Crippen LogP contribution in [0.3, 0.4) is 0 Å². The summed E-state index contributed by atoms with van der Waals surface area (Å²) in [5.74, 6) is 0.305. The van der Waals surface area contributed by atoms with Crippen LogP contribution in [0, 0.1) is 6.92 Å². The second-order valence-corrected chi connectivity index (χ2v) is 6.49. The molecule has 0 bridgehead atoms. The number of hydrogen-bond acceptors (Lipinski definition) is 8. The van der Waals surface area contributed by atoms with Crippen LogP contribution in [0.15, 0.2) is 11.2 Å². The molecule has 0 amide bonds. The summed E-state index contributed by atoms with van der Waals surface area (Å²) in [6.45, 7) is 1.84. The number of aromatic nitrogens is 7. The van der Waals surface area contributed by atoms with Crippen molar-refractivity contribution in [1.82, 2.24) is 34.3 Å². The number of nitrogens with two attached hydrogens (primary N) is 1. The van der Waals surface area contributed by atoms with Gasteiger partial charge in [-0.2, -0.15) is 24.6 Å². The minimum absolute atomic E-state index is 0.0665. The van der Waals surface area contributed by atoms with Crippen LogP contribution in [-0.2, 0) is 16.9 Å². The third kappa shape index (κ3) is 2.20. The van der Waals surface area contributed by atoms with Gasteiger partial charge in [-0.05, 0) is 13.0 Å². The molecule has 3 rings (SSSR count). The van der Waals surface area contributed by atoms with Crippen molar-refractivity contribution in [1.29, 1.82) is 0 Å². The average Bonchev–Trinajstić information content (AvgIpc) is 2.91. The Balaban J connectivity index is 2.25. The van der Waals surface area contributed by atoms with Crippen LogP contribution in [0.25, 0.3) is 17.3 Å².